The molecule has 1 unspecified atom stereocenters. The SMILES string of the molecule is COC1CN(C)C(=O)C2(CCN(C(=O)c3csc4ccccc34)CC2)C1. The summed E-state index contributed by atoms with van der Waals surface area (Å²) < 4.78 is 6.68. The molecule has 0 radical (unpaired) electrons. The maximum atomic E-state index is 13.0. The number of methoxy groups -OCH3 is 1. The van der Waals surface area contributed by atoms with Gasteiger partial charge in [-0.15, -0.1) is 11.3 Å². The third-order valence-corrected chi connectivity index (χ3v) is 6.91. The molecule has 2 amide bonds. The Kier molecular flexibility index (Phi) is 4.49. The Bertz CT molecular complexity index is 838. The van der Waals surface area contributed by atoms with E-state index in [0.29, 0.717) is 32.5 Å². The fourth-order valence-corrected chi connectivity index (χ4v) is 5.34. The first kappa shape index (κ1) is 17.5. The predicted molar refractivity (Wildman–Crippen MR) is 102 cm³/mol. The zero-order chi connectivity index (χ0) is 18.3. The fraction of sp³-hybridized carbons (Fsp3) is 0.500. The lowest BCUT2D eigenvalue weighted by atomic mass is 9.71. The van der Waals surface area contributed by atoms with Gasteiger partial charge in [0.05, 0.1) is 17.1 Å². The van der Waals surface area contributed by atoms with Crippen molar-refractivity contribution in [2.45, 2.75) is 25.4 Å². The molecule has 3 heterocycles. The van der Waals surface area contributed by atoms with Crippen molar-refractivity contribution in [3.63, 3.8) is 0 Å². The van der Waals surface area contributed by atoms with Crippen LogP contribution in [-0.4, -0.2) is 61.5 Å². The normalized spacial score (nSPS) is 23.0. The molecule has 0 bridgehead atoms. The van der Waals surface area contributed by atoms with Crippen LogP contribution in [-0.2, 0) is 9.53 Å². The fourth-order valence-electron chi connectivity index (χ4n) is 4.41. The van der Waals surface area contributed by atoms with Gasteiger partial charge >= 0.3 is 0 Å². The third-order valence-electron chi connectivity index (χ3n) is 5.95. The molecular weight excluding hydrogens is 348 g/mol. The molecule has 2 fully saturated rings. The van der Waals surface area contributed by atoms with Crippen LogP contribution in [0.4, 0.5) is 0 Å². The van der Waals surface area contributed by atoms with Crippen molar-refractivity contribution in [2.75, 3.05) is 33.8 Å². The van der Waals surface area contributed by atoms with Crippen LogP contribution in [0.25, 0.3) is 10.1 Å². The van der Waals surface area contributed by atoms with Crippen LogP contribution in [0.2, 0.25) is 0 Å². The number of fused-ring (bicyclic) bond motifs is 1. The number of nitrogens with zero attached hydrogens (tertiary/aromatic N) is 2. The van der Waals surface area contributed by atoms with E-state index in [-0.39, 0.29) is 23.3 Å². The molecule has 0 aliphatic carbocycles. The molecule has 6 heteroatoms. The van der Waals surface area contributed by atoms with Crippen LogP contribution in [0, 0.1) is 5.41 Å². The Balaban J connectivity index is 1.51. The van der Waals surface area contributed by atoms with Crippen molar-refractivity contribution < 1.29 is 14.3 Å². The number of carbonyl (C=O) groups excluding carboxylic acids is 2. The van der Waals surface area contributed by atoms with E-state index in [9.17, 15) is 9.59 Å². The highest BCUT2D eigenvalue weighted by Crippen LogP contribution is 2.41. The number of ether oxygens (including phenoxy) is 1. The Morgan fingerprint density at radius 2 is 2.00 bits per heavy atom. The number of piperidine rings is 2. The summed E-state index contributed by atoms with van der Waals surface area (Å²) in [6.07, 6.45) is 2.27. The van der Waals surface area contributed by atoms with E-state index in [0.717, 1.165) is 22.1 Å². The van der Waals surface area contributed by atoms with Gasteiger partial charge in [0.1, 0.15) is 0 Å². The van der Waals surface area contributed by atoms with Gasteiger partial charge in [-0.1, -0.05) is 18.2 Å². The minimum atomic E-state index is -0.374. The van der Waals surface area contributed by atoms with Crippen molar-refractivity contribution >= 4 is 33.2 Å². The smallest absolute Gasteiger partial charge is 0.255 e. The first-order valence-corrected chi connectivity index (χ1v) is 9.96. The van der Waals surface area contributed by atoms with Gasteiger partial charge in [-0.3, -0.25) is 9.59 Å². The predicted octanol–water partition coefficient (Wildman–Crippen LogP) is 3.00. The average molecular weight is 372 g/mol. The highest BCUT2D eigenvalue weighted by atomic mass is 32.1. The zero-order valence-corrected chi connectivity index (χ0v) is 16.1. The summed E-state index contributed by atoms with van der Waals surface area (Å²) >= 11 is 1.61. The van der Waals surface area contributed by atoms with Crippen LogP contribution in [0.1, 0.15) is 29.6 Å². The molecule has 1 atom stereocenters. The summed E-state index contributed by atoms with van der Waals surface area (Å²) in [4.78, 5) is 29.5. The zero-order valence-electron chi connectivity index (χ0n) is 15.2. The van der Waals surface area contributed by atoms with E-state index in [1.165, 1.54) is 0 Å². The molecule has 2 aliphatic rings. The minimum absolute atomic E-state index is 0.0807. The number of thiophene rings is 1. The topological polar surface area (TPSA) is 49.9 Å². The molecule has 1 aromatic heterocycles. The lowest BCUT2D eigenvalue weighted by molar-refractivity contribution is -0.155. The molecule has 2 saturated heterocycles. The standard InChI is InChI=1S/C20H24N2O3S/c1-21-12-14(25-2)11-20(19(21)24)7-9-22(10-8-20)18(23)16-13-26-17-6-4-3-5-15(16)17/h3-6,13-14H,7-12H2,1-2H3. The Labute approximate surface area is 157 Å². The number of hydrogen-bond acceptors (Lipinski definition) is 4. The van der Waals surface area contributed by atoms with Gasteiger partial charge in [-0.25, -0.2) is 0 Å². The number of carbonyl (C=O) groups is 2. The number of amides is 2. The van der Waals surface area contributed by atoms with E-state index in [1.807, 2.05) is 41.6 Å². The second-order valence-corrected chi connectivity index (χ2v) is 8.38. The molecule has 2 aliphatic heterocycles. The van der Waals surface area contributed by atoms with E-state index >= 15 is 0 Å². The summed E-state index contributed by atoms with van der Waals surface area (Å²) in [5, 5.41) is 2.98. The molecule has 4 rings (SSSR count). The Morgan fingerprint density at radius 3 is 2.73 bits per heavy atom. The lowest BCUT2D eigenvalue weighted by Crippen LogP contribution is -2.57. The maximum absolute atomic E-state index is 13.0. The van der Waals surface area contributed by atoms with Crippen LogP contribution in [0.3, 0.4) is 0 Å². The molecule has 2 aromatic rings. The summed E-state index contributed by atoms with van der Waals surface area (Å²) in [7, 11) is 3.56. The highest BCUT2D eigenvalue weighted by molar-refractivity contribution is 7.17. The van der Waals surface area contributed by atoms with Gasteiger partial charge in [0.15, 0.2) is 0 Å². The van der Waals surface area contributed by atoms with Crippen LogP contribution < -0.4 is 0 Å². The van der Waals surface area contributed by atoms with Gasteiger partial charge in [0.2, 0.25) is 5.91 Å². The molecule has 5 nitrogen and oxygen atoms in total. The quantitative estimate of drug-likeness (QED) is 0.814. The number of benzene rings is 1. The summed E-state index contributed by atoms with van der Waals surface area (Å²) in [5.41, 5.74) is 0.407. The van der Waals surface area contributed by atoms with E-state index in [4.69, 9.17) is 4.74 Å². The first-order chi connectivity index (χ1) is 12.5. The molecule has 138 valence electrons. The number of rotatable bonds is 2. The molecule has 1 spiro atoms. The van der Waals surface area contributed by atoms with Crippen molar-refractivity contribution in [2.24, 2.45) is 5.41 Å². The summed E-state index contributed by atoms with van der Waals surface area (Å²) in [6, 6.07) is 8.02. The first-order valence-electron chi connectivity index (χ1n) is 9.08. The van der Waals surface area contributed by atoms with Crippen molar-refractivity contribution in [1.29, 1.82) is 0 Å². The monoisotopic (exact) mass is 372 g/mol. The van der Waals surface area contributed by atoms with Gasteiger partial charge in [-0.2, -0.15) is 0 Å². The number of likely N-dealkylation sites (N-methyl/N-ethyl adjacent to an activating group) is 1. The lowest BCUT2D eigenvalue weighted by Gasteiger charge is -2.47. The van der Waals surface area contributed by atoms with Gasteiger partial charge < -0.3 is 14.5 Å². The summed E-state index contributed by atoms with van der Waals surface area (Å²) in [5.74, 6) is 0.288. The second kappa shape index (κ2) is 6.67. The van der Waals surface area contributed by atoms with Crippen molar-refractivity contribution in [3.05, 3.63) is 35.2 Å². The maximum Gasteiger partial charge on any atom is 0.255 e. The van der Waals surface area contributed by atoms with Gasteiger partial charge in [0.25, 0.3) is 5.91 Å². The second-order valence-electron chi connectivity index (χ2n) is 7.47. The molecule has 26 heavy (non-hydrogen) atoms. The Morgan fingerprint density at radius 1 is 1.27 bits per heavy atom. The molecule has 1 aromatic carbocycles. The van der Waals surface area contributed by atoms with Crippen LogP contribution in [0.5, 0.6) is 0 Å². The van der Waals surface area contributed by atoms with E-state index < -0.39 is 0 Å². The van der Waals surface area contributed by atoms with Crippen molar-refractivity contribution in [3.8, 4) is 0 Å². The molecule has 0 N–H and O–H groups in total. The third kappa shape index (κ3) is 2.81. The molecule has 0 saturated carbocycles. The van der Waals surface area contributed by atoms with Gasteiger partial charge in [-0.05, 0) is 25.3 Å². The number of likely N-dealkylation sites (tertiary alicyclic amines) is 2. The largest absolute Gasteiger partial charge is 0.380 e. The van der Waals surface area contributed by atoms with Crippen LogP contribution >= 0.6 is 11.3 Å². The number of hydrogen-bond donors (Lipinski definition) is 0. The average Bonchev–Trinajstić information content (AvgIpc) is 3.10. The van der Waals surface area contributed by atoms with E-state index in [1.54, 1.807) is 23.3 Å². The van der Waals surface area contributed by atoms with Gasteiger partial charge in [0, 0.05) is 49.3 Å². The van der Waals surface area contributed by atoms with E-state index in [2.05, 4.69) is 0 Å². The van der Waals surface area contributed by atoms with Crippen LogP contribution in [0.15, 0.2) is 29.6 Å². The minimum Gasteiger partial charge on any atom is -0.380 e. The summed E-state index contributed by atoms with van der Waals surface area (Å²) in [6.45, 7) is 1.90. The van der Waals surface area contributed by atoms with Crippen molar-refractivity contribution in [1.82, 2.24) is 9.80 Å². The Hall–Kier alpha value is -1.92. The molecular formula is C20H24N2O3S. The highest BCUT2D eigenvalue weighted by Gasteiger charge is 2.48.